The number of ether oxygens (including phenoxy) is 1. The topological polar surface area (TPSA) is 53.5 Å². The van der Waals surface area contributed by atoms with Crippen molar-refractivity contribution in [2.24, 2.45) is 0 Å². The van der Waals surface area contributed by atoms with Crippen molar-refractivity contribution in [3.05, 3.63) is 47.7 Å². The lowest BCUT2D eigenvalue weighted by Gasteiger charge is -2.33. The maximum Gasteiger partial charge on any atom is 0.416 e. The van der Waals surface area contributed by atoms with Gasteiger partial charge in [-0.3, -0.25) is 4.90 Å². The molecule has 0 amide bonds. The van der Waals surface area contributed by atoms with Crippen molar-refractivity contribution >= 4 is 11.8 Å². The summed E-state index contributed by atoms with van der Waals surface area (Å²) in [4.78, 5) is 13.4. The third-order valence-corrected chi connectivity index (χ3v) is 5.56. The molecular formula is C21H26F3N5O. The van der Waals surface area contributed by atoms with Crippen LogP contribution in [0.25, 0.3) is 0 Å². The van der Waals surface area contributed by atoms with E-state index in [0.29, 0.717) is 25.8 Å². The zero-order valence-corrected chi connectivity index (χ0v) is 16.7. The minimum Gasteiger partial charge on any atom is -0.378 e. The molecule has 2 aliphatic rings. The Bertz CT molecular complexity index is 816. The van der Waals surface area contributed by atoms with Gasteiger partial charge < -0.3 is 15.0 Å². The number of aromatic nitrogens is 2. The SMILES string of the molecule is FC(F)(F)c1ccc(CN2CCC(Nc3ccnc(N4CCOCC4)n3)CC2)cc1. The molecule has 3 heterocycles. The fourth-order valence-electron chi connectivity index (χ4n) is 3.85. The first-order valence-corrected chi connectivity index (χ1v) is 10.3. The zero-order valence-electron chi connectivity index (χ0n) is 16.7. The number of rotatable bonds is 5. The number of anilines is 2. The number of alkyl halides is 3. The second-order valence-corrected chi connectivity index (χ2v) is 7.73. The molecule has 0 radical (unpaired) electrons. The van der Waals surface area contributed by atoms with E-state index in [1.54, 1.807) is 18.3 Å². The van der Waals surface area contributed by atoms with Crippen LogP contribution in [0.2, 0.25) is 0 Å². The van der Waals surface area contributed by atoms with Gasteiger partial charge in [0.1, 0.15) is 5.82 Å². The van der Waals surface area contributed by atoms with Crippen molar-refractivity contribution in [3.8, 4) is 0 Å². The molecule has 0 aliphatic carbocycles. The Hall–Kier alpha value is -2.39. The second kappa shape index (κ2) is 9.18. The summed E-state index contributed by atoms with van der Waals surface area (Å²) in [6, 6.07) is 7.66. The predicted molar refractivity (Wildman–Crippen MR) is 108 cm³/mol. The van der Waals surface area contributed by atoms with Gasteiger partial charge in [-0.2, -0.15) is 18.2 Å². The van der Waals surface area contributed by atoms with Gasteiger partial charge in [0.25, 0.3) is 0 Å². The van der Waals surface area contributed by atoms with Crippen LogP contribution >= 0.6 is 0 Å². The Morgan fingerprint density at radius 1 is 1.00 bits per heavy atom. The van der Waals surface area contributed by atoms with Gasteiger partial charge in [-0.25, -0.2) is 4.98 Å². The van der Waals surface area contributed by atoms with Crippen molar-refractivity contribution in [1.29, 1.82) is 0 Å². The van der Waals surface area contributed by atoms with Crippen LogP contribution in [0.3, 0.4) is 0 Å². The van der Waals surface area contributed by atoms with E-state index in [9.17, 15) is 13.2 Å². The first kappa shape index (κ1) is 20.9. The largest absolute Gasteiger partial charge is 0.416 e. The van der Waals surface area contributed by atoms with Crippen LogP contribution in [0.15, 0.2) is 36.5 Å². The Balaban J connectivity index is 1.27. The van der Waals surface area contributed by atoms with Crippen molar-refractivity contribution in [2.75, 3.05) is 49.6 Å². The first-order valence-electron chi connectivity index (χ1n) is 10.3. The maximum absolute atomic E-state index is 12.7. The molecule has 6 nitrogen and oxygen atoms in total. The molecule has 2 aromatic rings. The number of morpholine rings is 1. The molecule has 1 aromatic carbocycles. The average Bonchev–Trinajstić information content (AvgIpc) is 2.76. The summed E-state index contributed by atoms with van der Waals surface area (Å²) in [5.74, 6) is 1.55. The lowest BCUT2D eigenvalue weighted by atomic mass is 10.0. The molecule has 9 heteroatoms. The summed E-state index contributed by atoms with van der Waals surface area (Å²) < 4.78 is 43.5. The third-order valence-electron chi connectivity index (χ3n) is 5.56. The van der Waals surface area contributed by atoms with Crippen LogP contribution in [0, 0.1) is 0 Å². The molecule has 0 spiro atoms. The number of piperidine rings is 1. The van der Waals surface area contributed by atoms with Crippen LogP contribution < -0.4 is 10.2 Å². The van der Waals surface area contributed by atoms with E-state index in [1.165, 1.54) is 0 Å². The molecule has 1 aromatic heterocycles. The van der Waals surface area contributed by atoms with Crippen LogP contribution in [0.4, 0.5) is 24.9 Å². The van der Waals surface area contributed by atoms with Gasteiger partial charge in [0.2, 0.25) is 5.95 Å². The molecule has 0 bridgehead atoms. The first-order chi connectivity index (χ1) is 14.5. The van der Waals surface area contributed by atoms with Gasteiger partial charge in [-0.05, 0) is 36.6 Å². The lowest BCUT2D eigenvalue weighted by molar-refractivity contribution is -0.137. The summed E-state index contributed by atoms with van der Waals surface area (Å²) in [6.07, 6.45) is -0.597. The summed E-state index contributed by atoms with van der Waals surface area (Å²) >= 11 is 0. The lowest BCUT2D eigenvalue weighted by Crippen LogP contribution is -2.39. The molecule has 30 heavy (non-hydrogen) atoms. The third kappa shape index (κ3) is 5.40. The maximum atomic E-state index is 12.7. The quantitative estimate of drug-likeness (QED) is 0.799. The van der Waals surface area contributed by atoms with Crippen LogP contribution in [0.1, 0.15) is 24.0 Å². The van der Waals surface area contributed by atoms with Gasteiger partial charge in [0, 0.05) is 45.0 Å². The molecule has 0 saturated carbocycles. The minimum atomic E-state index is -4.29. The molecule has 162 valence electrons. The monoisotopic (exact) mass is 421 g/mol. The molecule has 1 N–H and O–H groups in total. The number of hydrogen-bond acceptors (Lipinski definition) is 6. The highest BCUT2D eigenvalue weighted by atomic mass is 19.4. The highest BCUT2D eigenvalue weighted by Gasteiger charge is 2.30. The fraction of sp³-hybridized carbons (Fsp3) is 0.524. The van der Waals surface area contributed by atoms with E-state index in [-0.39, 0.29) is 0 Å². The van der Waals surface area contributed by atoms with E-state index < -0.39 is 11.7 Å². The molecule has 2 fully saturated rings. The predicted octanol–water partition coefficient (Wildman–Crippen LogP) is 3.41. The average molecular weight is 421 g/mol. The molecule has 2 aliphatic heterocycles. The summed E-state index contributed by atoms with van der Waals surface area (Å²) in [6.45, 7) is 5.42. The minimum absolute atomic E-state index is 0.321. The smallest absolute Gasteiger partial charge is 0.378 e. The highest BCUT2D eigenvalue weighted by Crippen LogP contribution is 2.29. The molecule has 0 unspecified atom stereocenters. The van der Waals surface area contributed by atoms with Crippen molar-refractivity contribution in [3.63, 3.8) is 0 Å². The number of hydrogen-bond donors (Lipinski definition) is 1. The Kier molecular flexibility index (Phi) is 6.38. The van der Waals surface area contributed by atoms with Gasteiger partial charge in [0.05, 0.1) is 18.8 Å². The van der Waals surface area contributed by atoms with Gasteiger partial charge >= 0.3 is 6.18 Å². The second-order valence-electron chi connectivity index (χ2n) is 7.73. The zero-order chi connectivity index (χ0) is 21.0. The standard InChI is InChI=1S/C21H26F3N5O/c22-21(23,24)17-3-1-16(2-4-17)15-28-9-6-18(7-10-28)26-19-5-8-25-20(27-19)29-11-13-30-14-12-29/h1-5,8,18H,6-7,9-15H2,(H,25,26,27). The number of benzene rings is 1. The van der Waals surface area contributed by atoms with E-state index in [4.69, 9.17) is 4.74 Å². The van der Waals surface area contributed by atoms with Crippen molar-refractivity contribution < 1.29 is 17.9 Å². The molecular weight excluding hydrogens is 395 g/mol. The summed E-state index contributed by atoms with van der Waals surface area (Å²) in [5.41, 5.74) is 0.302. The van der Waals surface area contributed by atoms with E-state index in [2.05, 4.69) is 25.1 Å². The highest BCUT2D eigenvalue weighted by molar-refractivity contribution is 5.42. The number of halogens is 3. The van der Waals surface area contributed by atoms with E-state index in [1.807, 2.05) is 6.07 Å². The number of likely N-dealkylation sites (tertiary alicyclic amines) is 1. The molecule has 0 atom stereocenters. The molecule has 2 saturated heterocycles. The number of nitrogens with one attached hydrogen (secondary N) is 1. The van der Waals surface area contributed by atoms with Crippen molar-refractivity contribution in [1.82, 2.24) is 14.9 Å². The van der Waals surface area contributed by atoms with E-state index in [0.717, 1.165) is 68.5 Å². The van der Waals surface area contributed by atoms with Crippen molar-refractivity contribution in [2.45, 2.75) is 31.6 Å². The Labute approximate surface area is 174 Å². The summed E-state index contributed by atoms with van der Waals surface area (Å²) in [5, 5.41) is 3.51. The molecule has 4 rings (SSSR count). The van der Waals surface area contributed by atoms with E-state index >= 15 is 0 Å². The van der Waals surface area contributed by atoms with Crippen LogP contribution in [-0.4, -0.2) is 60.3 Å². The van der Waals surface area contributed by atoms with Crippen LogP contribution in [-0.2, 0) is 17.5 Å². The van der Waals surface area contributed by atoms with Gasteiger partial charge in [0.15, 0.2) is 0 Å². The normalized spacial score (nSPS) is 19.1. The number of nitrogens with zero attached hydrogens (tertiary/aromatic N) is 4. The van der Waals surface area contributed by atoms with Gasteiger partial charge in [-0.15, -0.1) is 0 Å². The van der Waals surface area contributed by atoms with Crippen LogP contribution in [0.5, 0.6) is 0 Å². The Morgan fingerprint density at radius 3 is 2.37 bits per heavy atom. The Morgan fingerprint density at radius 2 is 1.70 bits per heavy atom. The summed E-state index contributed by atoms with van der Waals surface area (Å²) in [7, 11) is 0. The van der Waals surface area contributed by atoms with Gasteiger partial charge in [-0.1, -0.05) is 12.1 Å². The fourth-order valence-corrected chi connectivity index (χ4v) is 3.85.